The third-order valence-corrected chi connectivity index (χ3v) is 6.30. The van der Waals surface area contributed by atoms with Gasteiger partial charge >= 0.3 is 0 Å². The van der Waals surface area contributed by atoms with E-state index in [1.165, 1.54) is 6.26 Å². The van der Waals surface area contributed by atoms with Crippen LogP contribution in [0.5, 0.6) is 0 Å². The maximum atomic E-state index is 15.1. The lowest BCUT2D eigenvalue weighted by Gasteiger charge is -2.24. The van der Waals surface area contributed by atoms with Crippen LogP contribution in [0, 0.1) is 11.2 Å². The summed E-state index contributed by atoms with van der Waals surface area (Å²) in [6, 6.07) is 14.6. The molecular weight excluding hydrogens is 387 g/mol. The van der Waals surface area contributed by atoms with Crippen molar-refractivity contribution in [2.45, 2.75) is 31.3 Å². The first kappa shape index (κ1) is 20.3. The summed E-state index contributed by atoms with van der Waals surface area (Å²) in [4.78, 5) is 0. The van der Waals surface area contributed by atoms with Gasteiger partial charge in [0.1, 0.15) is 5.82 Å². The van der Waals surface area contributed by atoms with Crippen molar-refractivity contribution in [3.8, 4) is 11.1 Å². The SMILES string of the molecule is CS(=O)(=O)NC1C(Cc2cccc(-c3ccccc3)c2F)NCC12CC2.Cl. The highest BCUT2D eigenvalue weighted by Crippen LogP contribution is 2.52. The van der Waals surface area contributed by atoms with Gasteiger partial charge < -0.3 is 5.32 Å². The summed E-state index contributed by atoms with van der Waals surface area (Å²) in [6.45, 7) is 0.783. The molecule has 0 amide bonds. The summed E-state index contributed by atoms with van der Waals surface area (Å²) >= 11 is 0. The number of hydrogen-bond acceptors (Lipinski definition) is 3. The van der Waals surface area contributed by atoms with Gasteiger partial charge in [0.25, 0.3) is 0 Å². The van der Waals surface area contributed by atoms with E-state index >= 15 is 4.39 Å². The standard InChI is InChI=1S/C20H23FN2O2S.ClH/c1-26(24,25)23-19-17(22-13-20(19)10-11-20)12-15-8-5-9-16(18(15)21)14-6-3-2-4-7-14;/h2-9,17,19,22-23H,10-13H2,1H3;1H. The van der Waals surface area contributed by atoms with Crippen molar-refractivity contribution in [1.29, 1.82) is 0 Å². The van der Waals surface area contributed by atoms with Gasteiger partial charge in [0.2, 0.25) is 10.0 Å². The normalized spacial score (nSPS) is 23.2. The lowest BCUT2D eigenvalue weighted by Crippen LogP contribution is -2.47. The van der Waals surface area contributed by atoms with Crippen LogP contribution >= 0.6 is 12.4 Å². The van der Waals surface area contributed by atoms with Crippen molar-refractivity contribution >= 4 is 22.4 Å². The van der Waals surface area contributed by atoms with Crippen LogP contribution in [0.4, 0.5) is 4.39 Å². The molecule has 4 rings (SSSR count). The Morgan fingerprint density at radius 1 is 1.15 bits per heavy atom. The third-order valence-electron chi connectivity index (χ3n) is 5.62. The highest BCUT2D eigenvalue weighted by Gasteiger charge is 2.56. The van der Waals surface area contributed by atoms with Gasteiger partial charge in [0.05, 0.1) is 6.26 Å². The number of hydrogen-bond donors (Lipinski definition) is 2. The molecule has 7 heteroatoms. The lowest BCUT2D eigenvalue weighted by atomic mass is 9.91. The van der Waals surface area contributed by atoms with Crippen molar-refractivity contribution in [1.82, 2.24) is 10.0 Å². The highest BCUT2D eigenvalue weighted by atomic mass is 35.5. The minimum absolute atomic E-state index is 0. The van der Waals surface area contributed by atoms with Crippen molar-refractivity contribution in [3.63, 3.8) is 0 Å². The Kier molecular flexibility index (Phi) is 5.64. The fourth-order valence-electron chi connectivity index (χ4n) is 4.08. The van der Waals surface area contributed by atoms with E-state index in [0.29, 0.717) is 17.5 Å². The lowest BCUT2D eigenvalue weighted by molar-refractivity contribution is 0.407. The van der Waals surface area contributed by atoms with Gasteiger partial charge in [0, 0.05) is 29.6 Å². The van der Waals surface area contributed by atoms with Gasteiger partial charge in [-0.05, 0) is 30.4 Å². The maximum Gasteiger partial charge on any atom is 0.209 e. The minimum atomic E-state index is -3.31. The monoisotopic (exact) mass is 410 g/mol. The molecule has 2 aromatic rings. The molecule has 1 aliphatic heterocycles. The van der Waals surface area contributed by atoms with Crippen LogP contribution in [0.3, 0.4) is 0 Å². The van der Waals surface area contributed by atoms with Gasteiger partial charge in [-0.1, -0.05) is 48.5 Å². The van der Waals surface area contributed by atoms with Crippen molar-refractivity contribution in [2.24, 2.45) is 5.41 Å². The summed E-state index contributed by atoms with van der Waals surface area (Å²) in [6.07, 6.45) is 3.67. The fourth-order valence-corrected chi connectivity index (χ4v) is 4.96. The quantitative estimate of drug-likeness (QED) is 0.796. The average Bonchev–Trinajstić information content (AvgIpc) is 3.32. The van der Waals surface area contributed by atoms with Crippen LogP contribution < -0.4 is 10.0 Å². The van der Waals surface area contributed by atoms with Crippen LogP contribution in [0.25, 0.3) is 11.1 Å². The second-order valence-corrected chi connectivity index (χ2v) is 9.35. The second kappa shape index (κ2) is 7.51. The zero-order valence-corrected chi connectivity index (χ0v) is 16.7. The van der Waals surface area contributed by atoms with E-state index in [2.05, 4.69) is 10.0 Å². The Labute approximate surface area is 166 Å². The molecule has 146 valence electrons. The van der Waals surface area contributed by atoms with Gasteiger partial charge in [-0.25, -0.2) is 17.5 Å². The fraction of sp³-hybridized carbons (Fsp3) is 0.400. The molecule has 2 N–H and O–H groups in total. The zero-order chi connectivity index (χ0) is 18.4. The summed E-state index contributed by atoms with van der Waals surface area (Å²) in [5, 5.41) is 3.42. The molecule has 1 saturated heterocycles. The summed E-state index contributed by atoms with van der Waals surface area (Å²) in [5.41, 5.74) is 2.04. The molecule has 0 aromatic heterocycles. The molecule has 2 atom stereocenters. The van der Waals surface area contributed by atoms with E-state index in [1.807, 2.05) is 36.4 Å². The van der Waals surface area contributed by atoms with E-state index in [9.17, 15) is 8.42 Å². The van der Waals surface area contributed by atoms with Crippen molar-refractivity contribution in [3.05, 3.63) is 59.9 Å². The van der Waals surface area contributed by atoms with Crippen LogP contribution in [-0.4, -0.2) is 33.3 Å². The molecule has 1 heterocycles. The minimum Gasteiger partial charge on any atom is -0.311 e. The Bertz CT molecular complexity index is 917. The third kappa shape index (κ3) is 4.19. The molecule has 0 bridgehead atoms. The Morgan fingerprint density at radius 2 is 1.85 bits per heavy atom. The molecule has 1 aliphatic carbocycles. The van der Waals surface area contributed by atoms with Gasteiger partial charge in [-0.15, -0.1) is 12.4 Å². The molecule has 4 nitrogen and oxygen atoms in total. The van der Waals surface area contributed by atoms with Crippen molar-refractivity contribution in [2.75, 3.05) is 12.8 Å². The van der Waals surface area contributed by atoms with Gasteiger partial charge in [-0.3, -0.25) is 0 Å². The molecule has 27 heavy (non-hydrogen) atoms. The predicted molar refractivity (Wildman–Crippen MR) is 108 cm³/mol. The first-order valence-electron chi connectivity index (χ1n) is 8.91. The predicted octanol–water partition coefficient (Wildman–Crippen LogP) is 3.13. The maximum absolute atomic E-state index is 15.1. The number of nitrogens with one attached hydrogen (secondary N) is 2. The number of benzene rings is 2. The van der Waals surface area contributed by atoms with Gasteiger partial charge in [-0.2, -0.15) is 0 Å². The van der Waals surface area contributed by atoms with Crippen LogP contribution in [0.2, 0.25) is 0 Å². The molecule has 1 spiro atoms. The molecule has 0 radical (unpaired) electrons. The summed E-state index contributed by atoms with van der Waals surface area (Å²) in [5.74, 6) is -0.227. The summed E-state index contributed by atoms with van der Waals surface area (Å²) in [7, 11) is -3.31. The van der Waals surface area contributed by atoms with E-state index in [4.69, 9.17) is 0 Å². The van der Waals surface area contributed by atoms with Crippen molar-refractivity contribution < 1.29 is 12.8 Å². The molecule has 2 aromatic carbocycles. The zero-order valence-electron chi connectivity index (χ0n) is 15.1. The van der Waals surface area contributed by atoms with E-state index in [-0.39, 0.29) is 35.7 Å². The highest BCUT2D eigenvalue weighted by molar-refractivity contribution is 7.88. The summed E-state index contributed by atoms with van der Waals surface area (Å²) < 4.78 is 41.5. The first-order valence-corrected chi connectivity index (χ1v) is 10.8. The Hall–Kier alpha value is -1.47. The van der Waals surface area contributed by atoms with E-state index < -0.39 is 10.0 Å². The first-order chi connectivity index (χ1) is 12.4. The van der Waals surface area contributed by atoms with Crippen LogP contribution in [0.1, 0.15) is 18.4 Å². The average molecular weight is 411 g/mol. The second-order valence-electron chi connectivity index (χ2n) is 7.57. The Balaban J connectivity index is 0.00000210. The molecule has 2 unspecified atom stereocenters. The number of rotatable bonds is 5. The number of sulfonamides is 1. The van der Waals surface area contributed by atoms with Gasteiger partial charge in [0.15, 0.2) is 0 Å². The smallest absolute Gasteiger partial charge is 0.209 e. The molecular formula is C20H24ClFN2O2S. The van der Waals surface area contributed by atoms with Crippen LogP contribution in [0.15, 0.2) is 48.5 Å². The molecule has 2 aliphatic rings. The van der Waals surface area contributed by atoms with E-state index in [1.54, 1.807) is 12.1 Å². The van der Waals surface area contributed by atoms with Crippen LogP contribution in [-0.2, 0) is 16.4 Å². The topological polar surface area (TPSA) is 58.2 Å². The Morgan fingerprint density at radius 3 is 2.48 bits per heavy atom. The van der Waals surface area contributed by atoms with E-state index in [0.717, 1.165) is 24.9 Å². The number of halogens is 2. The largest absolute Gasteiger partial charge is 0.311 e. The molecule has 2 fully saturated rings. The molecule has 1 saturated carbocycles.